The zero-order valence-electron chi connectivity index (χ0n) is 9.32. The number of hydrogen-bond donors (Lipinski definition) is 1. The zero-order chi connectivity index (χ0) is 10.8. The fraction of sp³-hybridized carbons (Fsp3) is 0.909. The molecule has 4 heteroatoms. The second-order valence-electron chi connectivity index (χ2n) is 4.74. The van der Waals surface area contributed by atoms with Crippen LogP contribution in [0.25, 0.3) is 0 Å². The lowest BCUT2D eigenvalue weighted by Gasteiger charge is -2.20. The first kappa shape index (κ1) is 10.9. The SMILES string of the molecule is CC1CCN(C(=O)C2CCC(CN)O2)C1. The Labute approximate surface area is 90.8 Å². The summed E-state index contributed by atoms with van der Waals surface area (Å²) in [6.45, 7) is 4.50. The molecule has 3 atom stereocenters. The van der Waals surface area contributed by atoms with Crippen LogP contribution in [-0.2, 0) is 9.53 Å². The van der Waals surface area contributed by atoms with E-state index in [4.69, 9.17) is 10.5 Å². The standard InChI is InChI=1S/C11H20N2O2/c1-8-4-5-13(7-8)11(14)10-3-2-9(6-12)15-10/h8-10H,2-7,12H2,1H3. The summed E-state index contributed by atoms with van der Waals surface area (Å²) in [5.74, 6) is 0.816. The summed E-state index contributed by atoms with van der Waals surface area (Å²) in [5, 5.41) is 0. The highest BCUT2D eigenvalue weighted by atomic mass is 16.5. The van der Waals surface area contributed by atoms with Crippen LogP contribution in [0, 0.1) is 5.92 Å². The molecule has 0 spiro atoms. The highest BCUT2D eigenvalue weighted by molar-refractivity contribution is 5.81. The van der Waals surface area contributed by atoms with E-state index >= 15 is 0 Å². The number of carbonyl (C=O) groups excluding carboxylic acids is 1. The molecule has 3 unspecified atom stereocenters. The van der Waals surface area contributed by atoms with Gasteiger partial charge in [0.25, 0.3) is 5.91 Å². The van der Waals surface area contributed by atoms with E-state index in [2.05, 4.69) is 6.92 Å². The highest BCUT2D eigenvalue weighted by Gasteiger charge is 2.34. The number of nitrogens with two attached hydrogens (primary N) is 1. The average molecular weight is 212 g/mol. The lowest BCUT2D eigenvalue weighted by Crippen LogP contribution is -2.38. The Hall–Kier alpha value is -0.610. The van der Waals surface area contributed by atoms with Crippen LogP contribution >= 0.6 is 0 Å². The Morgan fingerprint density at radius 3 is 2.80 bits per heavy atom. The molecule has 0 aromatic heterocycles. The van der Waals surface area contributed by atoms with Gasteiger partial charge in [0.15, 0.2) is 0 Å². The highest BCUT2D eigenvalue weighted by Crippen LogP contribution is 2.23. The molecule has 2 N–H and O–H groups in total. The van der Waals surface area contributed by atoms with E-state index in [1.54, 1.807) is 0 Å². The Kier molecular flexibility index (Phi) is 3.26. The summed E-state index contributed by atoms with van der Waals surface area (Å²) >= 11 is 0. The molecule has 0 aliphatic carbocycles. The fourth-order valence-corrected chi connectivity index (χ4v) is 2.40. The maximum Gasteiger partial charge on any atom is 0.251 e. The van der Waals surface area contributed by atoms with Gasteiger partial charge in [-0.15, -0.1) is 0 Å². The number of nitrogens with zero attached hydrogens (tertiary/aromatic N) is 1. The van der Waals surface area contributed by atoms with Crippen LogP contribution in [0.2, 0.25) is 0 Å². The van der Waals surface area contributed by atoms with Crippen molar-refractivity contribution in [1.29, 1.82) is 0 Å². The van der Waals surface area contributed by atoms with Crippen molar-refractivity contribution < 1.29 is 9.53 Å². The normalized spacial score (nSPS) is 36.1. The van der Waals surface area contributed by atoms with E-state index in [1.807, 2.05) is 4.90 Å². The minimum atomic E-state index is -0.219. The number of carbonyl (C=O) groups is 1. The third-order valence-electron chi connectivity index (χ3n) is 3.38. The van der Waals surface area contributed by atoms with Crippen LogP contribution in [0.15, 0.2) is 0 Å². The molecule has 0 aromatic carbocycles. The van der Waals surface area contributed by atoms with Crippen LogP contribution in [-0.4, -0.2) is 42.6 Å². The van der Waals surface area contributed by atoms with Crippen LogP contribution in [0.3, 0.4) is 0 Å². The predicted molar refractivity (Wildman–Crippen MR) is 57.3 cm³/mol. The minimum Gasteiger partial charge on any atom is -0.364 e. The Morgan fingerprint density at radius 2 is 2.27 bits per heavy atom. The zero-order valence-corrected chi connectivity index (χ0v) is 9.32. The number of rotatable bonds is 2. The van der Waals surface area contributed by atoms with Gasteiger partial charge in [-0.3, -0.25) is 4.79 Å². The molecule has 2 fully saturated rings. The van der Waals surface area contributed by atoms with Crippen molar-refractivity contribution in [2.45, 2.75) is 38.4 Å². The number of likely N-dealkylation sites (tertiary alicyclic amines) is 1. The molecule has 4 nitrogen and oxygen atoms in total. The molecule has 1 amide bonds. The molecule has 0 radical (unpaired) electrons. The third-order valence-corrected chi connectivity index (χ3v) is 3.38. The largest absolute Gasteiger partial charge is 0.364 e. The average Bonchev–Trinajstić information content (AvgIpc) is 2.84. The van der Waals surface area contributed by atoms with Crippen LogP contribution < -0.4 is 5.73 Å². The summed E-state index contributed by atoms with van der Waals surface area (Å²) < 4.78 is 5.60. The minimum absolute atomic E-state index is 0.0963. The molecule has 0 aromatic rings. The first-order valence-corrected chi connectivity index (χ1v) is 5.85. The Morgan fingerprint density at radius 1 is 1.47 bits per heavy atom. The topological polar surface area (TPSA) is 55.6 Å². The summed E-state index contributed by atoms with van der Waals surface area (Å²) in [5.41, 5.74) is 5.52. The third kappa shape index (κ3) is 2.32. The number of hydrogen-bond acceptors (Lipinski definition) is 3. The van der Waals surface area contributed by atoms with Crippen molar-refractivity contribution >= 4 is 5.91 Å². The van der Waals surface area contributed by atoms with Gasteiger partial charge in [-0.2, -0.15) is 0 Å². The molecule has 86 valence electrons. The molecule has 2 saturated heterocycles. The molecule has 2 aliphatic rings. The number of amides is 1. The maximum absolute atomic E-state index is 12.0. The van der Waals surface area contributed by atoms with Gasteiger partial charge in [0.05, 0.1) is 6.10 Å². The van der Waals surface area contributed by atoms with Crippen LogP contribution in [0.1, 0.15) is 26.2 Å². The molecule has 15 heavy (non-hydrogen) atoms. The molecule has 2 heterocycles. The van der Waals surface area contributed by atoms with Crippen LogP contribution in [0.4, 0.5) is 0 Å². The smallest absolute Gasteiger partial charge is 0.251 e. The Balaban J connectivity index is 1.86. The van der Waals surface area contributed by atoms with Gasteiger partial charge < -0.3 is 15.4 Å². The van der Waals surface area contributed by atoms with Crippen molar-refractivity contribution in [2.24, 2.45) is 11.7 Å². The van der Waals surface area contributed by atoms with E-state index in [-0.39, 0.29) is 18.1 Å². The monoisotopic (exact) mass is 212 g/mol. The van der Waals surface area contributed by atoms with Crippen molar-refractivity contribution in [2.75, 3.05) is 19.6 Å². The number of ether oxygens (including phenoxy) is 1. The lowest BCUT2D eigenvalue weighted by atomic mass is 10.1. The lowest BCUT2D eigenvalue weighted by molar-refractivity contribution is -0.141. The first-order chi connectivity index (χ1) is 7.20. The molecular formula is C11H20N2O2. The second kappa shape index (κ2) is 4.49. The molecule has 0 saturated carbocycles. The predicted octanol–water partition coefficient (Wildman–Crippen LogP) is 0.361. The van der Waals surface area contributed by atoms with Gasteiger partial charge in [0.2, 0.25) is 0 Å². The fourth-order valence-electron chi connectivity index (χ4n) is 2.40. The first-order valence-electron chi connectivity index (χ1n) is 5.85. The van der Waals surface area contributed by atoms with Crippen molar-refractivity contribution in [1.82, 2.24) is 4.90 Å². The van der Waals surface area contributed by atoms with E-state index in [0.717, 1.165) is 32.4 Å². The second-order valence-corrected chi connectivity index (χ2v) is 4.74. The van der Waals surface area contributed by atoms with E-state index in [1.165, 1.54) is 0 Å². The quantitative estimate of drug-likeness (QED) is 0.719. The van der Waals surface area contributed by atoms with Crippen molar-refractivity contribution in [3.05, 3.63) is 0 Å². The van der Waals surface area contributed by atoms with Crippen LogP contribution in [0.5, 0.6) is 0 Å². The van der Waals surface area contributed by atoms with Gasteiger partial charge in [0.1, 0.15) is 6.10 Å². The van der Waals surface area contributed by atoms with Crippen molar-refractivity contribution in [3.8, 4) is 0 Å². The van der Waals surface area contributed by atoms with Gasteiger partial charge in [-0.05, 0) is 25.2 Å². The van der Waals surface area contributed by atoms with Gasteiger partial charge in [-0.1, -0.05) is 6.92 Å². The van der Waals surface area contributed by atoms with Gasteiger partial charge >= 0.3 is 0 Å². The Bertz CT molecular complexity index is 245. The van der Waals surface area contributed by atoms with Gasteiger partial charge in [0, 0.05) is 19.6 Å². The molecule has 0 bridgehead atoms. The maximum atomic E-state index is 12.0. The van der Waals surface area contributed by atoms with Crippen molar-refractivity contribution in [3.63, 3.8) is 0 Å². The summed E-state index contributed by atoms with van der Waals surface area (Å²) in [7, 11) is 0. The van der Waals surface area contributed by atoms with Gasteiger partial charge in [-0.25, -0.2) is 0 Å². The molecule has 2 aliphatic heterocycles. The van der Waals surface area contributed by atoms with E-state index in [9.17, 15) is 4.79 Å². The summed E-state index contributed by atoms with van der Waals surface area (Å²) in [4.78, 5) is 14.0. The molecular weight excluding hydrogens is 192 g/mol. The molecule has 2 rings (SSSR count). The van der Waals surface area contributed by atoms with E-state index in [0.29, 0.717) is 12.5 Å². The van der Waals surface area contributed by atoms with E-state index < -0.39 is 0 Å². The summed E-state index contributed by atoms with van der Waals surface area (Å²) in [6, 6.07) is 0. The summed E-state index contributed by atoms with van der Waals surface area (Å²) in [6.07, 6.45) is 2.77.